The second-order valence-corrected chi connectivity index (χ2v) is 5.74. The first kappa shape index (κ1) is 13.6. The third-order valence-electron chi connectivity index (χ3n) is 4.34. The van der Waals surface area contributed by atoms with E-state index >= 15 is 0 Å². The molecule has 1 aliphatic rings. The third kappa shape index (κ3) is 2.45. The lowest BCUT2D eigenvalue weighted by atomic mass is 9.74. The van der Waals surface area contributed by atoms with Crippen LogP contribution in [0.2, 0.25) is 0 Å². The number of nitrogens with zero attached hydrogens (tertiary/aromatic N) is 1. The average Bonchev–Trinajstić information content (AvgIpc) is 2.37. The first-order valence-corrected chi connectivity index (χ1v) is 7.10. The maximum atomic E-state index is 11.0. The van der Waals surface area contributed by atoms with Gasteiger partial charge in [0, 0.05) is 18.5 Å². The minimum absolute atomic E-state index is 0.280. The summed E-state index contributed by atoms with van der Waals surface area (Å²) < 4.78 is 0. The van der Waals surface area contributed by atoms with E-state index in [0.29, 0.717) is 6.04 Å². The number of piperidine rings is 1. The lowest BCUT2D eigenvalue weighted by Gasteiger charge is -2.47. The van der Waals surface area contributed by atoms with E-state index < -0.39 is 5.60 Å². The Hall–Kier alpha value is -0.860. The quantitative estimate of drug-likeness (QED) is 0.887. The zero-order chi connectivity index (χ0) is 13.2. The first-order chi connectivity index (χ1) is 8.58. The normalized spacial score (nSPS) is 33.6. The lowest BCUT2D eigenvalue weighted by Crippen LogP contribution is -2.53. The standard InChI is InChI=1S/C16H25NO/c1-4-10-17-12-13(2)16(18,11-14(17)3)15-8-6-5-7-9-15/h5-9,13-14,18H,4,10-12H2,1-3H3/t13-,14+,16-/m0/s1. The van der Waals surface area contributed by atoms with Crippen LogP contribution in [-0.2, 0) is 5.60 Å². The minimum atomic E-state index is -0.662. The van der Waals surface area contributed by atoms with Crippen LogP contribution in [0.15, 0.2) is 30.3 Å². The number of hydrogen-bond donors (Lipinski definition) is 1. The first-order valence-electron chi connectivity index (χ1n) is 7.10. The fourth-order valence-corrected chi connectivity index (χ4v) is 3.19. The fourth-order valence-electron chi connectivity index (χ4n) is 3.19. The molecule has 18 heavy (non-hydrogen) atoms. The van der Waals surface area contributed by atoms with Crippen LogP contribution in [0.5, 0.6) is 0 Å². The maximum absolute atomic E-state index is 11.0. The number of likely N-dealkylation sites (tertiary alicyclic amines) is 1. The Morgan fingerprint density at radius 3 is 2.56 bits per heavy atom. The summed E-state index contributed by atoms with van der Waals surface area (Å²) in [6, 6.07) is 10.6. The summed E-state index contributed by atoms with van der Waals surface area (Å²) >= 11 is 0. The van der Waals surface area contributed by atoms with Crippen LogP contribution in [0.25, 0.3) is 0 Å². The summed E-state index contributed by atoms with van der Waals surface area (Å²) in [6.07, 6.45) is 2.01. The molecule has 0 aliphatic carbocycles. The smallest absolute Gasteiger partial charge is 0.0948 e. The predicted octanol–water partition coefficient (Wildman–Crippen LogP) is 3.01. The fraction of sp³-hybridized carbons (Fsp3) is 0.625. The van der Waals surface area contributed by atoms with Gasteiger partial charge in [-0.25, -0.2) is 0 Å². The molecule has 0 radical (unpaired) electrons. The van der Waals surface area contributed by atoms with Crippen molar-refractivity contribution >= 4 is 0 Å². The molecule has 2 heteroatoms. The summed E-state index contributed by atoms with van der Waals surface area (Å²) in [5, 5.41) is 11.0. The monoisotopic (exact) mass is 247 g/mol. The molecule has 1 aliphatic heterocycles. The van der Waals surface area contributed by atoms with Gasteiger partial charge in [0.15, 0.2) is 0 Å². The van der Waals surface area contributed by atoms with Crippen molar-refractivity contribution in [1.29, 1.82) is 0 Å². The van der Waals surface area contributed by atoms with Gasteiger partial charge in [-0.15, -0.1) is 0 Å². The second kappa shape index (κ2) is 5.41. The Morgan fingerprint density at radius 1 is 1.28 bits per heavy atom. The third-order valence-corrected chi connectivity index (χ3v) is 4.34. The van der Waals surface area contributed by atoms with Crippen LogP contribution in [0, 0.1) is 5.92 Å². The maximum Gasteiger partial charge on any atom is 0.0948 e. The summed E-state index contributed by atoms with van der Waals surface area (Å²) in [7, 11) is 0. The van der Waals surface area contributed by atoms with E-state index in [1.54, 1.807) is 0 Å². The molecule has 1 N–H and O–H groups in total. The molecule has 1 heterocycles. The molecule has 2 rings (SSSR count). The molecular formula is C16H25NO. The summed E-state index contributed by atoms with van der Waals surface area (Å²) in [6.45, 7) is 8.74. The van der Waals surface area contributed by atoms with E-state index in [4.69, 9.17) is 0 Å². The average molecular weight is 247 g/mol. The molecule has 3 atom stereocenters. The Labute approximate surface area is 111 Å². The molecule has 0 aromatic heterocycles. The molecular weight excluding hydrogens is 222 g/mol. The van der Waals surface area contributed by atoms with Gasteiger partial charge in [0.1, 0.15) is 0 Å². The highest BCUT2D eigenvalue weighted by Gasteiger charge is 2.42. The van der Waals surface area contributed by atoms with Gasteiger partial charge in [-0.05, 0) is 31.9 Å². The van der Waals surface area contributed by atoms with Crippen molar-refractivity contribution in [2.75, 3.05) is 13.1 Å². The SMILES string of the molecule is CCCN1C[C@H](C)[C@](O)(c2ccccc2)C[C@H]1C. The van der Waals surface area contributed by atoms with Crippen molar-refractivity contribution in [2.45, 2.75) is 45.3 Å². The molecule has 1 saturated heterocycles. The molecule has 1 fully saturated rings. The summed E-state index contributed by atoms with van der Waals surface area (Å²) in [5.41, 5.74) is 0.408. The number of benzene rings is 1. The molecule has 2 nitrogen and oxygen atoms in total. The Kier molecular flexibility index (Phi) is 4.08. The molecule has 0 unspecified atom stereocenters. The van der Waals surface area contributed by atoms with Crippen LogP contribution in [-0.4, -0.2) is 29.1 Å². The highest BCUT2D eigenvalue weighted by atomic mass is 16.3. The van der Waals surface area contributed by atoms with E-state index in [1.165, 1.54) is 6.42 Å². The summed E-state index contributed by atoms with van der Waals surface area (Å²) in [5.74, 6) is 0.280. The number of aliphatic hydroxyl groups is 1. The highest BCUT2D eigenvalue weighted by Crippen LogP contribution is 2.39. The number of hydrogen-bond acceptors (Lipinski definition) is 2. The predicted molar refractivity (Wildman–Crippen MR) is 75.4 cm³/mol. The van der Waals surface area contributed by atoms with Crippen molar-refractivity contribution in [3.8, 4) is 0 Å². The van der Waals surface area contributed by atoms with Crippen molar-refractivity contribution in [2.24, 2.45) is 5.92 Å². The highest BCUT2D eigenvalue weighted by molar-refractivity contribution is 5.24. The van der Waals surface area contributed by atoms with Crippen molar-refractivity contribution in [3.63, 3.8) is 0 Å². The van der Waals surface area contributed by atoms with Gasteiger partial charge in [0.2, 0.25) is 0 Å². The van der Waals surface area contributed by atoms with Crippen LogP contribution < -0.4 is 0 Å². The topological polar surface area (TPSA) is 23.5 Å². The van der Waals surface area contributed by atoms with E-state index in [0.717, 1.165) is 25.1 Å². The van der Waals surface area contributed by atoms with Gasteiger partial charge in [-0.2, -0.15) is 0 Å². The zero-order valence-corrected chi connectivity index (χ0v) is 11.8. The molecule has 1 aromatic rings. The van der Waals surface area contributed by atoms with E-state index in [1.807, 2.05) is 18.2 Å². The van der Waals surface area contributed by atoms with Crippen LogP contribution in [0.4, 0.5) is 0 Å². The van der Waals surface area contributed by atoms with E-state index in [2.05, 4.69) is 37.8 Å². The zero-order valence-electron chi connectivity index (χ0n) is 11.8. The van der Waals surface area contributed by atoms with Crippen LogP contribution >= 0.6 is 0 Å². The molecule has 0 amide bonds. The molecule has 100 valence electrons. The molecule has 0 saturated carbocycles. The van der Waals surface area contributed by atoms with E-state index in [9.17, 15) is 5.11 Å². The van der Waals surface area contributed by atoms with Gasteiger partial charge < -0.3 is 10.0 Å². The van der Waals surface area contributed by atoms with Gasteiger partial charge in [-0.3, -0.25) is 0 Å². The van der Waals surface area contributed by atoms with Crippen LogP contribution in [0.3, 0.4) is 0 Å². The van der Waals surface area contributed by atoms with Gasteiger partial charge in [0.25, 0.3) is 0 Å². The molecule has 0 bridgehead atoms. The molecule has 0 spiro atoms. The minimum Gasteiger partial charge on any atom is -0.385 e. The van der Waals surface area contributed by atoms with Crippen molar-refractivity contribution < 1.29 is 5.11 Å². The van der Waals surface area contributed by atoms with Gasteiger partial charge >= 0.3 is 0 Å². The Balaban J connectivity index is 2.20. The Morgan fingerprint density at radius 2 is 1.94 bits per heavy atom. The van der Waals surface area contributed by atoms with Crippen molar-refractivity contribution in [3.05, 3.63) is 35.9 Å². The van der Waals surface area contributed by atoms with Gasteiger partial charge in [-0.1, -0.05) is 44.2 Å². The lowest BCUT2D eigenvalue weighted by molar-refractivity contribution is -0.0904. The van der Waals surface area contributed by atoms with E-state index in [-0.39, 0.29) is 5.92 Å². The second-order valence-electron chi connectivity index (χ2n) is 5.74. The largest absolute Gasteiger partial charge is 0.385 e. The van der Waals surface area contributed by atoms with Crippen molar-refractivity contribution in [1.82, 2.24) is 4.90 Å². The van der Waals surface area contributed by atoms with Gasteiger partial charge in [0.05, 0.1) is 5.60 Å². The number of rotatable bonds is 3. The Bertz CT molecular complexity index is 378. The molecule has 1 aromatic carbocycles. The van der Waals surface area contributed by atoms with Crippen LogP contribution in [0.1, 0.15) is 39.2 Å². The summed E-state index contributed by atoms with van der Waals surface area (Å²) in [4.78, 5) is 2.50.